The Bertz CT molecular complexity index is 607. The van der Waals surface area contributed by atoms with Gasteiger partial charge < -0.3 is 14.5 Å². The molecule has 1 spiro atoms. The van der Waals surface area contributed by atoms with E-state index in [0.29, 0.717) is 26.1 Å². The van der Waals surface area contributed by atoms with Crippen LogP contribution in [0.15, 0.2) is 24.5 Å². The molecule has 1 unspecified atom stereocenters. The Morgan fingerprint density at radius 2 is 2.20 bits per heavy atom. The van der Waals surface area contributed by atoms with Crippen LogP contribution in [0.1, 0.15) is 44.6 Å². The molecule has 0 radical (unpaired) electrons. The van der Waals surface area contributed by atoms with Crippen molar-refractivity contribution in [3.63, 3.8) is 0 Å². The summed E-state index contributed by atoms with van der Waals surface area (Å²) in [6.07, 6.45) is 7.79. The SMILES string of the molecule is CCOCC(=O)N1CCCC2(CCC(=O)N2Cc2cccnc2)CC1. The predicted octanol–water partition coefficient (Wildman–Crippen LogP) is 1.99. The molecule has 0 bridgehead atoms. The zero-order valence-corrected chi connectivity index (χ0v) is 14.9. The molecule has 3 heterocycles. The van der Waals surface area contributed by atoms with Crippen molar-refractivity contribution in [2.75, 3.05) is 26.3 Å². The number of rotatable bonds is 5. The van der Waals surface area contributed by atoms with Crippen molar-refractivity contribution in [2.24, 2.45) is 0 Å². The summed E-state index contributed by atoms with van der Waals surface area (Å²) in [7, 11) is 0. The lowest BCUT2D eigenvalue weighted by molar-refractivity contribution is -0.136. The van der Waals surface area contributed by atoms with Crippen molar-refractivity contribution in [3.05, 3.63) is 30.1 Å². The molecule has 0 N–H and O–H groups in total. The van der Waals surface area contributed by atoms with E-state index in [2.05, 4.69) is 4.98 Å². The van der Waals surface area contributed by atoms with Crippen molar-refractivity contribution < 1.29 is 14.3 Å². The third-order valence-corrected chi connectivity index (χ3v) is 5.44. The molecule has 1 aromatic rings. The van der Waals surface area contributed by atoms with Crippen LogP contribution in [0.4, 0.5) is 0 Å². The molecule has 6 heteroatoms. The summed E-state index contributed by atoms with van der Waals surface area (Å²) in [5.41, 5.74) is 0.943. The van der Waals surface area contributed by atoms with Crippen LogP contribution >= 0.6 is 0 Å². The van der Waals surface area contributed by atoms with Crippen molar-refractivity contribution in [2.45, 2.75) is 51.1 Å². The molecule has 3 rings (SSSR count). The maximum atomic E-state index is 12.5. The molecule has 0 saturated carbocycles. The molecule has 0 aromatic carbocycles. The third kappa shape index (κ3) is 4.00. The van der Waals surface area contributed by atoms with Crippen LogP contribution in [0.3, 0.4) is 0 Å². The Balaban J connectivity index is 1.69. The van der Waals surface area contributed by atoms with E-state index >= 15 is 0 Å². The van der Waals surface area contributed by atoms with Crippen LogP contribution in [-0.2, 0) is 20.9 Å². The molecule has 6 nitrogen and oxygen atoms in total. The quantitative estimate of drug-likeness (QED) is 0.819. The van der Waals surface area contributed by atoms with Crippen molar-refractivity contribution in [1.82, 2.24) is 14.8 Å². The van der Waals surface area contributed by atoms with Crippen molar-refractivity contribution in [1.29, 1.82) is 0 Å². The van der Waals surface area contributed by atoms with Gasteiger partial charge in [-0.1, -0.05) is 6.07 Å². The van der Waals surface area contributed by atoms with E-state index in [4.69, 9.17) is 4.74 Å². The summed E-state index contributed by atoms with van der Waals surface area (Å²) in [6, 6.07) is 3.92. The number of carbonyl (C=O) groups is 2. The monoisotopic (exact) mass is 345 g/mol. The predicted molar refractivity (Wildman–Crippen MR) is 93.7 cm³/mol. The number of likely N-dealkylation sites (tertiary alicyclic amines) is 2. The van der Waals surface area contributed by atoms with Crippen LogP contribution in [0.5, 0.6) is 0 Å². The molecule has 25 heavy (non-hydrogen) atoms. The average molecular weight is 345 g/mol. The summed E-state index contributed by atoms with van der Waals surface area (Å²) < 4.78 is 5.26. The summed E-state index contributed by atoms with van der Waals surface area (Å²) in [5.74, 6) is 0.278. The molecule has 1 atom stereocenters. The standard InChI is InChI=1S/C19H27N3O3/c1-2-25-15-18(24)21-11-4-7-19(9-12-21)8-6-17(23)22(19)14-16-5-3-10-20-13-16/h3,5,10,13H,2,4,6-9,11-12,14-15H2,1H3. The lowest BCUT2D eigenvalue weighted by Crippen LogP contribution is -2.46. The van der Waals surface area contributed by atoms with Crippen LogP contribution < -0.4 is 0 Å². The van der Waals surface area contributed by atoms with Gasteiger partial charge in [-0.15, -0.1) is 0 Å². The Morgan fingerprint density at radius 3 is 2.96 bits per heavy atom. The number of carbonyl (C=O) groups excluding carboxylic acids is 2. The number of nitrogens with zero attached hydrogens (tertiary/aromatic N) is 3. The highest BCUT2D eigenvalue weighted by atomic mass is 16.5. The second-order valence-electron chi connectivity index (χ2n) is 6.94. The van der Waals surface area contributed by atoms with Gasteiger partial charge in [-0.25, -0.2) is 0 Å². The van der Waals surface area contributed by atoms with E-state index < -0.39 is 0 Å². The van der Waals surface area contributed by atoms with E-state index in [-0.39, 0.29) is 24.0 Å². The van der Waals surface area contributed by atoms with Gasteiger partial charge in [-0.2, -0.15) is 0 Å². The molecular weight excluding hydrogens is 318 g/mol. The average Bonchev–Trinajstić information content (AvgIpc) is 2.81. The zero-order valence-electron chi connectivity index (χ0n) is 14.9. The van der Waals surface area contributed by atoms with Gasteiger partial charge in [0.15, 0.2) is 0 Å². The minimum Gasteiger partial charge on any atom is -0.372 e. The molecular formula is C19H27N3O3. The largest absolute Gasteiger partial charge is 0.372 e. The first kappa shape index (κ1) is 17.9. The minimum atomic E-state index is -0.117. The lowest BCUT2D eigenvalue weighted by atomic mass is 9.87. The second-order valence-corrected chi connectivity index (χ2v) is 6.94. The summed E-state index contributed by atoms with van der Waals surface area (Å²) in [6.45, 7) is 4.66. The van der Waals surface area contributed by atoms with Crippen LogP contribution in [0.25, 0.3) is 0 Å². The van der Waals surface area contributed by atoms with E-state index in [1.54, 1.807) is 6.20 Å². The third-order valence-electron chi connectivity index (χ3n) is 5.44. The Labute approximate surface area is 149 Å². The van der Waals surface area contributed by atoms with Gasteiger partial charge in [0.2, 0.25) is 11.8 Å². The fraction of sp³-hybridized carbons (Fsp3) is 0.632. The van der Waals surface area contributed by atoms with Gasteiger partial charge in [0, 0.05) is 50.6 Å². The first-order chi connectivity index (χ1) is 12.1. The Kier molecular flexibility index (Phi) is 5.68. The maximum absolute atomic E-state index is 12.5. The van der Waals surface area contributed by atoms with E-state index in [0.717, 1.165) is 37.8 Å². The fourth-order valence-corrected chi connectivity index (χ4v) is 4.03. The number of hydrogen-bond donors (Lipinski definition) is 0. The lowest BCUT2D eigenvalue weighted by Gasteiger charge is -2.38. The highest BCUT2D eigenvalue weighted by Crippen LogP contribution is 2.40. The van der Waals surface area contributed by atoms with Crippen LogP contribution in [-0.4, -0.2) is 58.4 Å². The normalized spacial score (nSPS) is 24.0. The van der Waals surface area contributed by atoms with Gasteiger partial charge in [0.05, 0.1) is 0 Å². The fourth-order valence-electron chi connectivity index (χ4n) is 4.03. The molecule has 2 aliphatic heterocycles. The molecule has 2 aliphatic rings. The van der Waals surface area contributed by atoms with E-state index in [9.17, 15) is 9.59 Å². The van der Waals surface area contributed by atoms with Gasteiger partial charge in [-0.3, -0.25) is 14.6 Å². The second kappa shape index (κ2) is 7.95. The number of hydrogen-bond acceptors (Lipinski definition) is 4. The summed E-state index contributed by atoms with van der Waals surface area (Å²) >= 11 is 0. The van der Waals surface area contributed by atoms with Crippen molar-refractivity contribution in [3.8, 4) is 0 Å². The zero-order chi connectivity index (χ0) is 17.7. The van der Waals surface area contributed by atoms with Gasteiger partial charge >= 0.3 is 0 Å². The summed E-state index contributed by atoms with van der Waals surface area (Å²) in [4.78, 5) is 32.9. The highest BCUT2D eigenvalue weighted by molar-refractivity contribution is 5.80. The minimum absolute atomic E-state index is 0.0574. The molecule has 1 aromatic heterocycles. The molecule has 136 valence electrons. The number of ether oxygens (including phenoxy) is 1. The molecule has 2 amide bonds. The van der Waals surface area contributed by atoms with Crippen LogP contribution in [0, 0.1) is 0 Å². The molecule has 0 aliphatic carbocycles. The molecule has 2 fully saturated rings. The molecule has 2 saturated heterocycles. The van der Waals surface area contributed by atoms with E-state index in [1.807, 2.05) is 35.1 Å². The topological polar surface area (TPSA) is 62.7 Å². The first-order valence-electron chi connectivity index (χ1n) is 9.19. The van der Waals surface area contributed by atoms with Crippen molar-refractivity contribution >= 4 is 11.8 Å². The van der Waals surface area contributed by atoms with Gasteiger partial charge in [-0.05, 0) is 44.2 Å². The number of pyridine rings is 1. The Hall–Kier alpha value is -1.95. The van der Waals surface area contributed by atoms with Gasteiger partial charge in [0.25, 0.3) is 0 Å². The van der Waals surface area contributed by atoms with Crippen LogP contribution in [0.2, 0.25) is 0 Å². The van der Waals surface area contributed by atoms with Gasteiger partial charge in [0.1, 0.15) is 6.61 Å². The Morgan fingerprint density at radius 1 is 1.32 bits per heavy atom. The first-order valence-corrected chi connectivity index (χ1v) is 9.19. The smallest absolute Gasteiger partial charge is 0.248 e. The highest BCUT2D eigenvalue weighted by Gasteiger charge is 2.45. The number of aromatic nitrogens is 1. The number of amides is 2. The maximum Gasteiger partial charge on any atom is 0.248 e. The summed E-state index contributed by atoms with van der Waals surface area (Å²) in [5, 5.41) is 0. The van der Waals surface area contributed by atoms with E-state index in [1.165, 1.54) is 0 Å².